The number of ether oxygens (including phenoxy) is 1. The summed E-state index contributed by atoms with van der Waals surface area (Å²) in [6, 6.07) is 9.22. The zero-order valence-corrected chi connectivity index (χ0v) is 11.7. The van der Waals surface area contributed by atoms with Crippen LogP contribution in [0.25, 0.3) is 10.9 Å². The number of carbonyl (C=O) groups excluding carboxylic acids is 1. The summed E-state index contributed by atoms with van der Waals surface area (Å²) in [4.78, 5) is 12.3. The molecule has 118 valence electrons. The average Bonchev–Trinajstić information content (AvgIpc) is 2.92. The predicted octanol–water partition coefficient (Wildman–Crippen LogP) is -0.988. The zero-order chi connectivity index (χ0) is 15.9. The Hall–Kier alpha value is -1.77. The van der Waals surface area contributed by atoms with E-state index < -0.39 is 36.5 Å². The van der Waals surface area contributed by atoms with Gasteiger partial charge in [0.25, 0.3) is 5.79 Å². The lowest BCUT2D eigenvalue weighted by Gasteiger charge is -2.40. The standard InChI is InChI=1S/C15H17NO6/c17-11-8-22-15(21,14(20)13(11)19)12(18)7-16-6-5-9-3-1-2-4-10(9)16/h1-6,11,13-14,17,19-21H,7-8H2/t11-,13+,14-,15?/m1/s1. The molecule has 0 aliphatic carbocycles. The first-order chi connectivity index (χ1) is 10.4. The maximum absolute atomic E-state index is 12.3. The van der Waals surface area contributed by atoms with Crippen molar-refractivity contribution in [3.8, 4) is 0 Å². The molecule has 1 aliphatic heterocycles. The number of aromatic nitrogens is 1. The van der Waals surface area contributed by atoms with Gasteiger partial charge in [0.1, 0.15) is 18.3 Å². The number of nitrogens with zero attached hydrogens (tertiary/aromatic N) is 1. The number of ketones is 1. The predicted molar refractivity (Wildman–Crippen MR) is 75.9 cm³/mol. The third-order valence-corrected chi connectivity index (χ3v) is 3.99. The Morgan fingerprint density at radius 3 is 2.77 bits per heavy atom. The molecule has 0 spiro atoms. The number of carbonyl (C=O) groups is 1. The maximum atomic E-state index is 12.3. The molecule has 0 amide bonds. The van der Waals surface area contributed by atoms with E-state index in [-0.39, 0.29) is 6.54 Å². The fourth-order valence-corrected chi connectivity index (χ4v) is 2.63. The highest BCUT2D eigenvalue weighted by Gasteiger charge is 2.53. The lowest BCUT2D eigenvalue weighted by Crippen LogP contribution is -2.65. The summed E-state index contributed by atoms with van der Waals surface area (Å²) in [6.45, 7) is -0.670. The van der Waals surface area contributed by atoms with E-state index in [0.717, 1.165) is 10.9 Å². The molecule has 1 fully saturated rings. The molecule has 7 nitrogen and oxygen atoms in total. The first-order valence-corrected chi connectivity index (χ1v) is 6.91. The van der Waals surface area contributed by atoms with Crippen molar-refractivity contribution in [3.05, 3.63) is 36.5 Å². The molecule has 1 aromatic carbocycles. The van der Waals surface area contributed by atoms with E-state index in [4.69, 9.17) is 4.74 Å². The van der Waals surface area contributed by atoms with Gasteiger partial charge in [0.15, 0.2) is 0 Å². The monoisotopic (exact) mass is 307 g/mol. The summed E-state index contributed by atoms with van der Waals surface area (Å²) in [5.41, 5.74) is 0.797. The van der Waals surface area contributed by atoms with Gasteiger partial charge in [0.05, 0.1) is 13.2 Å². The van der Waals surface area contributed by atoms with Crippen molar-refractivity contribution in [2.75, 3.05) is 6.61 Å². The summed E-state index contributed by atoms with van der Waals surface area (Å²) < 4.78 is 6.53. The SMILES string of the molecule is O=C(Cn1ccc2ccccc21)C1(O)OC[C@@H](O)[C@H](O)[C@H]1O. The second-order valence-corrected chi connectivity index (χ2v) is 5.44. The summed E-state index contributed by atoms with van der Waals surface area (Å²) in [7, 11) is 0. The first kappa shape index (κ1) is 15.1. The molecular formula is C15H17NO6. The second kappa shape index (κ2) is 5.45. The van der Waals surface area contributed by atoms with Crippen molar-refractivity contribution < 1.29 is 30.0 Å². The molecule has 1 unspecified atom stereocenters. The van der Waals surface area contributed by atoms with E-state index in [0.29, 0.717) is 0 Å². The van der Waals surface area contributed by atoms with Crippen LogP contribution in [-0.2, 0) is 16.1 Å². The van der Waals surface area contributed by atoms with E-state index in [1.54, 1.807) is 10.8 Å². The van der Waals surface area contributed by atoms with Gasteiger partial charge in [-0.3, -0.25) is 4.79 Å². The first-order valence-electron chi connectivity index (χ1n) is 6.91. The molecule has 1 aromatic heterocycles. The summed E-state index contributed by atoms with van der Waals surface area (Å²) >= 11 is 0. The summed E-state index contributed by atoms with van der Waals surface area (Å²) in [6.07, 6.45) is -3.22. The van der Waals surface area contributed by atoms with Crippen LogP contribution < -0.4 is 0 Å². The van der Waals surface area contributed by atoms with Crippen molar-refractivity contribution in [2.24, 2.45) is 0 Å². The topological polar surface area (TPSA) is 112 Å². The molecule has 4 N–H and O–H groups in total. The largest absolute Gasteiger partial charge is 0.388 e. The van der Waals surface area contributed by atoms with E-state index in [9.17, 15) is 25.2 Å². The van der Waals surface area contributed by atoms with Crippen LogP contribution in [0.5, 0.6) is 0 Å². The van der Waals surface area contributed by atoms with Gasteiger partial charge in [-0.15, -0.1) is 0 Å². The molecule has 22 heavy (non-hydrogen) atoms. The normalized spacial score (nSPS) is 32.3. The molecule has 7 heteroatoms. The number of para-hydroxylation sites is 1. The van der Waals surface area contributed by atoms with Crippen molar-refractivity contribution >= 4 is 16.7 Å². The van der Waals surface area contributed by atoms with E-state index in [2.05, 4.69) is 0 Å². The molecule has 2 aromatic rings. The molecule has 0 bridgehead atoms. The number of hydrogen-bond acceptors (Lipinski definition) is 6. The van der Waals surface area contributed by atoms with Gasteiger partial charge in [0, 0.05) is 11.7 Å². The van der Waals surface area contributed by atoms with Crippen LogP contribution in [0.1, 0.15) is 0 Å². The van der Waals surface area contributed by atoms with Gasteiger partial charge in [-0.25, -0.2) is 0 Å². The Bertz CT molecular complexity index is 698. The van der Waals surface area contributed by atoms with Crippen LogP contribution in [0.3, 0.4) is 0 Å². The Kier molecular flexibility index (Phi) is 3.75. The molecule has 4 atom stereocenters. The van der Waals surface area contributed by atoms with E-state index >= 15 is 0 Å². The minimum absolute atomic E-state index is 0.232. The highest BCUT2D eigenvalue weighted by atomic mass is 16.7. The Morgan fingerprint density at radius 2 is 2.00 bits per heavy atom. The fourth-order valence-electron chi connectivity index (χ4n) is 2.63. The van der Waals surface area contributed by atoms with Crippen molar-refractivity contribution in [3.63, 3.8) is 0 Å². The van der Waals surface area contributed by atoms with Crippen molar-refractivity contribution in [1.29, 1.82) is 0 Å². The quantitative estimate of drug-likeness (QED) is 0.579. The van der Waals surface area contributed by atoms with Crippen LogP contribution in [-0.4, -0.2) is 61.5 Å². The minimum atomic E-state index is -2.54. The van der Waals surface area contributed by atoms with Crippen LogP contribution in [0.15, 0.2) is 36.5 Å². The number of benzene rings is 1. The van der Waals surface area contributed by atoms with Gasteiger partial charge in [-0.2, -0.15) is 0 Å². The van der Waals surface area contributed by atoms with Crippen molar-refractivity contribution in [1.82, 2.24) is 4.57 Å². The van der Waals surface area contributed by atoms with Gasteiger partial charge in [-0.1, -0.05) is 18.2 Å². The number of aliphatic hydroxyl groups is 4. The van der Waals surface area contributed by atoms with Gasteiger partial charge >= 0.3 is 0 Å². The number of Topliss-reactive ketones (excluding diaryl/α,β-unsaturated/α-hetero) is 1. The van der Waals surface area contributed by atoms with Crippen LogP contribution in [0, 0.1) is 0 Å². The van der Waals surface area contributed by atoms with Crippen LogP contribution >= 0.6 is 0 Å². The molecular weight excluding hydrogens is 290 g/mol. The molecule has 1 saturated heterocycles. The summed E-state index contributed by atoms with van der Waals surface area (Å²) in [5, 5.41) is 40.1. The van der Waals surface area contributed by atoms with Crippen LogP contribution in [0.2, 0.25) is 0 Å². The Labute approximate surface area is 126 Å². The highest BCUT2D eigenvalue weighted by molar-refractivity contribution is 5.88. The number of hydrogen-bond donors (Lipinski definition) is 4. The molecule has 0 saturated carbocycles. The summed E-state index contributed by atoms with van der Waals surface area (Å²) in [5.74, 6) is -3.34. The third-order valence-electron chi connectivity index (χ3n) is 3.99. The van der Waals surface area contributed by atoms with Gasteiger partial charge in [-0.05, 0) is 17.5 Å². The highest BCUT2D eigenvalue weighted by Crippen LogP contribution is 2.26. The molecule has 3 rings (SSSR count). The lowest BCUT2D eigenvalue weighted by atomic mass is 9.93. The zero-order valence-electron chi connectivity index (χ0n) is 11.7. The molecule has 1 aliphatic rings. The third kappa shape index (κ3) is 2.33. The number of rotatable bonds is 3. The minimum Gasteiger partial charge on any atom is -0.388 e. The fraction of sp³-hybridized carbons (Fsp3) is 0.400. The molecule has 2 heterocycles. The maximum Gasteiger partial charge on any atom is 0.258 e. The number of fused-ring (bicyclic) bond motifs is 1. The lowest BCUT2D eigenvalue weighted by molar-refractivity contribution is -0.303. The Morgan fingerprint density at radius 1 is 1.27 bits per heavy atom. The van der Waals surface area contributed by atoms with Gasteiger partial charge in [0.2, 0.25) is 5.78 Å². The van der Waals surface area contributed by atoms with E-state index in [1.807, 2.05) is 30.3 Å². The van der Waals surface area contributed by atoms with Crippen LogP contribution in [0.4, 0.5) is 0 Å². The Balaban J connectivity index is 1.85. The van der Waals surface area contributed by atoms with Crippen molar-refractivity contribution in [2.45, 2.75) is 30.6 Å². The second-order valence-electron chi connectivity index (χ2n) is 5.44. The number of aliphatic hydroxyl groups excluding tert-OH is 3. The molecule has 0 radical (unpaired) electrons. The average molecular weight is 307 g/mol. The smallest absolute Gasteiger partial charge is 0.258 e. The van der Waals surface area contributed by atoms with Gasteiger partial charge < -0.3 is 29.7 Å². The van der Waals surface area contributed by atoms with E-state index in [1.165, 1.54) is 0 Å².